The van der Waals surface area contributed by atoms with E-state index in [1.54, 1.807) is 12.1 Å². The second-order valence-corrected chi connectivity index (χ2v) is 7.41. The van der Waals surface area contributed by atoms with Crippen LogP contribution < -0.4 is 15.4 Å². The summed E-state index contributed by atoms with van der Waals surface area (Å²) in [5.74, 6) is -0.473. The van der Waals surface area contributed by atoms with Gasteiger partial charge < -0.3 is 15.2 Å². The van der Waals surface area contributed by atoms with E-state index in [-0.39, 0.29) is 17.9 Å². The Bertz CT molecular complexity index is 536. The molecular formula is C15H20N2O4S. The third-order valence-corrected chi connectivity index (χ3v) is 4.77. The van der Waals surface area contributed by atoms with E-state index in [9.17, 15) is 14.7 Å². The van der Waals surface area contributed by atoms with Crippen LogP contribution in [0.25, 0.3) is 0 Å². The van der Waals surface area contributed by atoms with E-state index in [0.717, 1.165) is 0 Å². The van der Waals surface area contributed by atoms with Gasteiger partial charge in [0.2, 0.25) is 0 Å². The molecule has 120 valence electrons. The van der Waals surface area contributed by atoms with Gasteiger partial charge in [0.15, 0.2) is 6.61 Å². The highest BCUT2D eigenvalue weighted by Gasteiger charge is 2.45. The molecule has 0 spiro atoms. The van der Waals surface area contributed by atoms with Crippen LogP contribution in [0.2, 0.25) is 0 Å². The van der Waals surface area contributed by atoms with Crippen LogP contribution in [0.1, 0.15) is 13.8 Å². The highest BCUT2D eigenvalue weighted by molar-refractivity contribution is 8.01. The molecule has 22 heavy (non-hydrogen) atoms. The second kappa shape index (κ2) is 7.02. The number of para-hydroxylation sites is 1. The van der Waals surface area contributed by atoms with Gasteiger partial charge in [-0.15, -0.1) is 11.8 Å². The zero-order valence-corrected chi connectivity index (χ0v) is 13.4. The van der Waals surface area contributed by atoms with Crippen molar-refractivity contribution in [2.45, 2.75) is 30.0 Å². The summed E-state index contributed by atoms with van der Waals surface area (Å²) in [5.41, 5.74) is 0. The first-order valence-corrected chi connectivity index (χ1v) is 7.87. The molecule has 1 aliphatic heterocycles. The minimum Gasteiger partial charge on any atom is -0.484 e. The summed E-state index contributed by atoms with van der Waals surface area (Å²) in [5, 5.41) is 14.8. The maximum Gasteiger partial charge on any atom is 0.322 e. The smallest absolute Gasteiger partial charge is 0.322 e. The molecule has 1 aliphatic rings. The normalized spacial score (nSPS) is 23.0. The fourth-order valence-electron chi connectivity index (χ4n) is 2.25. The predicted molar refractivity (Wildman–Crippen MR) is 85.0 cm³/mol. The Hall–Kier alpha value is -1.73. The number of hydrogen-bond donors (Lipinski definition) is 3. The Morgan fingerprint density at radius 3 is 2.64 bits per heavy atom. The van der Waals surface area contributed by atoms with Crippen LogP contribution >= 0.6 is 11.8 Å². The molecule has 0 aliphatic carbocycles. The van der Waals surface area contributed by atoms with Crippen LogP contribution in [0, 0.1) is 0 Å². The monoisotopic (exact) mass is 324 g/mol. The lowest BCUT2D eigenvalue weighted by atomic mass is 10.0. The number of ether oxygens (including phenoxy) is 1. The van der Waals surface area contributed by atoms with Crippen molar-refractivity contribution in [3.63, 3.8) is 0 Å². The Kier molecular flexibility index (Phi) is 5.31. The fourth-order valence-corrected chi connectivity index (χ4v) is 3.66. The van der Waals surface area contributed by atoms with Crippen LogP contribution in [-0.4, -0.2) is 46.3 Å². The molecule has 0 saturated carbocycles. The zero-order chi connectivity index (χ0) is 16.2. The first-order valence-electron chi connectivity index (χ1n) is 7.00. The van der Waals surface area contributed by atoms with E-state index in [0.29, 0.717) is 12.3 Å². The van der Waals surface area contributed by atoms with Crippen molar-refractivity contribution in [2.75, 3.05) is 13.2 Å². The van der Waals surface area contributed by atoms with Crippen LogP contribution in [0.4, 0.5) is 0 Å². The van der Waals surface area contributed by atoms with E-state index in [1.165, 1.54) is 11.8 Å². The van der Waals surface area contributed by atoms with Gasteiger partial charge >= 0.3 is 5.97 Å². The van der Waals surface area contributed by atoms with Crippen LogP contribution in [0.15, 0.2) is 30.3 Å². The number of amides is 1. The van der Waals surface area contributed by atoms with E-state index in [2.05, 4.69) is 10.6 Å². The summed E-state index contributed by atoms with van der Waals surface area (Å²) in [7, 11) is 0. The van der Waals surface area contributed by atoms with Gasteiger partial charge in [0, 0.05) is 11.3 Å². The number of hydrogen-bond acceptors (Lipinski definition) is 5. The third kappa shape index (κ3) is 4.38. The summed E-state index contributed by atoms with van der Waals surface area (Å²) in [4.78, 5) is 22.9. The van der Waals surface area contributed by atoms with E-state index < -0.39 is 16.8 Å². The molecule has 0 aromatic heterocycles. The minimum atomic E-state index is -0.876. The van der Waals surface area contributed by atoms with Crippen LogP contribution in [0.3, 0.4) is 0 Å². The molecule has 2 rings (SSSR count). The lowest BCUT2D eigenvalue weighted by molar-refractivity contribution is -0.139. The van der Waals surface area contributed by atoms with Crippen molar-refractivity contribution in [1.29, 1.82) is 0 Å². The number of nitrogens with one attached hydrogen (secondary N) is 2. The molecule has 2 atom stereocenters. The highest BCUT2D eigenvalue weighted by Crippen LogP contribution is 2.37. The van der Waals surface area contributed by atoms with Crippen LogP contribution in [0.5, 0.6) is 5.75 Å². The molecule has 0 radical (unpaired) electrons. The van der Waals surface area contributed by atoms with Gasteiger partial charge in [0.25, 0.3) is 5.91 Å². The maximum absolute atomic E-state index is 11.8. The molecule has 1 aromatic rings. The molecule has 6 nitrogen and oxygen atoms in total. The first-order chi connectivity index (χ1) is 10.4. The van der Waals surface area contributed by atoms with E-state index >= 15 is 0 Å². The van der Waals surface area contributed by atoms with Gasteiger partial charge in [0.1, 0.15) is 11.8 Å². The number of thioether (sulfide) groups is 1. The van der Waals surface area contributed by atoms with Gasteiger partial charge in [-0.1, -0.05) is 18.2 Å². The number of carboxylic acid groups (broad SMARTS) is 1. The van der Waals surface area contributed by atoms with Crippen molar-refractivity contribution >= 4 is 23.6 Å². The van der Waals surface area contributed by atoms with Gasteiger partial charge in [0.05, 0.1) is 5.37 Å². The number of aliphatic carboxylic acids is 1. The average Bonchev–Trinajstić information content (AvgIpc) is 2.79. The zero-order valence-electron chi connectivity index (χ0n) is 12.5. The lowest BCUT2D eigenvalue weighted by Crippen LogP contribution is -2.46. The Balaban J connectivity index is 1.74. The molecular weight excluding hydrogens is 304 g/mol. The number of carboxylic acids is 1. The minimum absolute atomic E-state index is 0.0623. The molecule has 1 fully saturated rings. The summed E-state index contributed by atoms with van der Waals surface area (Å²) in [6.07, 6.45) is 0. The van der Waals surface area contributed by atoms with Crippen molar-refractivity contribution in [1.82, 2.24) is 10.6 Å². The molecule has 0 unspecified atom stereocenters. The second-order valence-electron chi connectivity index (χ2n) is 5.55. The van der Waals surface area contributed by atoms with Crippen molar-refractivity contribution in [2.24, 2.45) is 0 Å². The Morgan fingerprint density at radius 1 is 1.36 bits per heavy atom. The van der Waals surface area contributed by atoms with Crippen LogP contribution in [-0.2, 0) is 9.59 Å². The third-order valence-electron chi connectivity index (χ3n) is 3.34. The lowest BCUT2D eigenvalue weighted by Gasteiger charge is -2.20. The standard InChI is InChI=1S/C15H20N2O4S/c1-15(2)13(14(19)20)17-12(22-15)8-16-11(18)9-21-10-6-4-3-5-7-10/h3-7,12-13,17H,8-9H2,1-2H3,(H,16,18)(H,19,20)/t12-,13-/m0/s1. The quantitative estimate of drug-likeness (QED) is 0.726. The number of carbonyl (C=O) groups is 2. The molecule has 3 N–H and O–H groups in total. The van der Waals surface area contributed by atoms with Gasteiger partial charge in [-0.2, -0.15) is 0 Å². The fraction of sp³-hybridized carbons (Fsp3) is 0.467. The largest absolute Gasteiger partial charge is 0.484 e. The molecule has 1 amide bonds. The van der Waals surface area contributed by atoms with Crippen molar-refractivity contribution in [3.8, 4) is 5.75 Å². The van der Waals surface area contributed by atoms with Gasteiger partial charge in [-0.25, -0.2) is 0 Å². The molecule has 1 heterocycles. The summed E-state index contributed by atoms with van der Waals surface area (Å²) in [6.45, 7) is 4.05. The number of carbonyl (C=O) groups excluding carboxylic acids is 1. The van der Waals surface area contributed by atoms with Gasteiger partial charge in [-0.3, -0.25) is 14.9 Å². The molecule has 1 aromatic carbocycles. The average molecular weight is 324 g/mol. The summed E-state index contributed by atoms with van der Waals surface area (Å²) in [6, 6.07) is 8.47. The van der Waals surface area contributed by atoms with Gasteiger partial charge in [-0.05, 0) is 26.0 Å². The maximum atomic E-state index is 11.8. The van der Waals surface area contributed by atoms with Crippen molar-refractivity contribution in [3.05, 3.63) is 30.3 Å². The van der Waals surface area contributed by atoms with E-state index in [4.69, 9.17) is 4.74 Å². The topological polar surface area (TPSA) is 87.7 Å². The first kappa shape index (κ1) is 16.6. The summed E-state index contributed by atoms with van der Waals surface area (Å²) >= 11 is 1.51. The Labute approximate surface area is 133 Å². The SMILES string of the molecule is CC1(C)S[C@@H](CNC(=O)COc2ccccc2)N[C@H]1C(=O)O. The Morgan fingerprint density at radius 2 is 2.05 bits per heavy atom. The van der Waals surface area contributed by atoms with E-state index in [1.807, 2.05) is 32.0 Å². The summed E-state index contributed by atoms with van der Waals surface area (Å²) < 4.78 is 4.93. The highest BCUT2D eigenvalue weighted by atomic mass is 32.2. The number of rotatable bonds is 6. The number of benzene rings is 1. The molecule has 1 saturated heterocycles. The molecule has 0 bridgehead atoms. The predicted octanol–water partition coefficient (Wildman–Crippen LogP) is 1.08. The molecule has 7 heteroatoms. The van der Waals surface area contributed by atoms with Crippen molar-refractivity contribution < 1.29 is 19.4 Å².